The predicted molar refractivity (Wildman–Crippen MR) is 105 cm³/mol. The highest BCUT2D eigenvalue weighted by atomic mass is 35.5. The van der Waals surface area contributed by atoms with Crippen LogP contribution in [-0.4, -0.2) is 62.3 Å². The van der Waals surface area contributed by atoms with Crippen molar-refractivity contribution in [2.24, 2.45) is 5.92 Å². The summed E-state index contributed by atoms with van der Waals surface area (Å²) in [5.74, 6) is -1.17. The monoisotopic (exact) mass is 482 g/mol. The summed E-state index contributed by atoms with van der Waals surface area (Å²) in [7, 11) is -2.92. The van der Waals surface area contributed by atoms with Crippen molar-refractivity contribution in [1.29, 1.82) is 0 Å². The number of alkyl halides is 3. The fourth-order valence-corrected chi connectivity index (χ4v) is 5.74. The maximum absolute atomic E-state index is 13.1. The summed E-state index contributed by atoms with van der Waals surface area (Å²) < 4.78 is 70.8. The molecule has 1 amide bonds. The minimum atomic E-state index is -4.78. The molecule has 0 saturated carbocycles. The van der Waals surface area contributed by atoms with Gasteiger partial charge in [0.25, 0.3) is 0 Å². The van der Waals surface area contributed by atoms with Crippen LogP contribution >= 0.6 is 11.6 Å². The second-order valence-corrected chi connectivity index (χ2v) is 9.88. The number of carbonyl (C=O) groups is 2. The Morgan fingerprint density at radius 1 is 1.13 bits per heavy atom. The molecule has 1 aromatic rings. The van der Waals surface area contributed by atoms with E-state index in [1.54, 1.807) is 0 Å². The Hall–Kier alpha value is -1.85. The molecule has 0 spiro atoms. The van der Waals surface area contributed by atoms with Crippen molar-refractivity contribution in [2.75, 3.05) is 26.7 Å². The average Bonchev–Trinajstić information content (AvgIpc) is 3.22. The van der Waals surface area contributed by atoms with Crippen LogP contribution in [-0.2, 0) is 30.5 Å². The Labute approximate surface area is 183 Å². The fraction of sp³-hybridized carbons (Fsp3) is 0.579. The molecular weight excluding hydrogens is 461 g/mol. The van der Waals surface area contributed by atoms with E-state index < -0.39 is 49.6 Å². The summed E-state index contributed by atoms with van der Waals surface area (Å²) >= 11 is 5.57. The maximum atomic E-state index is 13.1. The van der Waals surface area contributed by atoms with E-state index in [1.165, 1.54) is 12.0 Å². The van der Waals surface area contributed by atoms with E-state index in [4.69, 9.17) is 16.3 Å². The lowest BCUT2D eigenvalue weighted by Crippen LogP contribution is -2.47. The maximum Gasteiger partial charge on any atom is 0.417 e. The zero-order chi connectivity index (χ0) is 23.0. The third-order valence-corrected chi connectivity index (χ3v) is 7.92. The van der Waals surface area contributed by atoms with E-state index >= 15 is 0 Å². The molecule has 31 heavy (non-hydrogen) atoms. The number of halogens is 4. The molecular formula is C19H22ClF3N2O5S. The van der Waals surface area contributed by atoms with Crippen LogP contribution < -0.4 is 0 Å². The van der Waals surface area contributed by atoms with Crippen LogP contribution in [0.4, 0.5) is 13.2 Å². The van der Waals surface area contributed by atoms with E-state index in [2.05, 4.69) is 0 Å². The summed E-state index contributed by atoms with van der Waals surface area (Å²) in [5, 5.41) is -0.582. The number of carbonyl (C=O) groups excluding carboxylic acids is 2. The first-order chi connectivity index (χ1) is 14.5. The number of ether oxygens (including phenoxy) is 1. The molecule has 2 aliphatic heterocycles. The Balaban J connectivity index is 1.70. The number of likely N-dealkylation sites (tertiary alicyclic amines) is 1. The molecule has 0 bridgehead atoms. The third kappa shape index (κ3) is 4.83. The molecule has 2 heterocycles. The van der Waals surface area contributed by atoms with Crippen LogP contribution in [0.25, 0.3) is 0 Å². The van der Waals surface area contributed by atoms with Gasteiger partial charge in [-0.05, 0) is 43.9 Å². The van der Waals surface area contributed by atoms with Gasteiger partial charge in [-0.15, -0.1) is 0 Å². The summed E-state index contributed by atoms with van der Waals surface area (Å²) in [6, 6.07) is 1.85. The van der Waals surface area contributed by atoms with Gasteiger partial charge in [-0.1, -0.05) is 11.6 Å². The van der Waals surface area contributed by atoms with Crippen molar-refractivity contribution in [1.82, 2.24) is 9.21 Å². The van der Waals surface area contributed by atoms with E-state index in [0.717, 1.165) is 16.4 Å². The zero-order valence-corrected chi connectivity index (χ0v) is 18.3. The smallest absolute Gasteiger partial charge is 0.417 e. The summed E-state index contributed by atoms with van der Waals surface area (Å²) in [4.78, 5) is 25.7. The standard InChI is InChI=1S/C19H22ClF3N2O5S/c1-30-18(27)16-3-2-8-25(16)17(26)12-6-9-24(10-7-12)31(28,29)13-4-5-15(20)14(11-13)19(21,22)23/h4-5,11-12,16H,2-3,6-10H2,1H3/t16-/m0/s1. The summed E-state index contributed by atoms with van der Waals surface area (Å²) in [6.45, 7) is 0.404. The van der Waals surface area contributed by atoms with Gasteiger partial charge in [-0.25, -0.2) is 13.2 Å². The number of amides is 1. The van der Waals surface area contributed by atoms with Crippen molar-refractivity contribution in [3.05, 3.63) is 28.8 Å². The molecule has 0 N–H and O–H groups in total. The molecule has 172 valence electrons. The lowest BCUT2D eigenvalue weighted by molar-refractivity contribution is -0.152. The molecule has 3 rings (SSSR count). The quantitative estimate of drug-likeness (QED) is 0.616. The topological polar surface area (TPSA) is 84.0 Å². The number of hydrogen-bond acceptors (Lipinski definition) is 5. The number of benzene rings is 1. The SMILES string of the molecule is COC(=O)[C@@H]1CCCN1C(=O)C1CCN(S(=O)(=O)c2ccc(Cl)c(C(F)(F)F)c2)CC1. The second kappa shape index (κ2) is 8.95. The van der Waals surface area contributed by atoms with Crippen LogP contribution in [0.2, 0.25) is 5.02 Å². The van der Waals surface area contributed by atoms with E-state index in [-0.39, 0.29) is 31.8 Å². The molecule has 2 saturated heterocycles. The van der Waals surface area contributed by atoms with Crippen molar-refractivity contribution in [3.8, 4) is 0 Å². The van der Waals surface area contributed by atoms with Crippen LogP contribution in [0.1, 0.15) is 31.2 Å². The highest BCUT2D eigenvalue weighted by Crippen LogP contribution is 2.37. The van der Waals surface area contributed by atoms with Gasteiger partial charge >= 0.3 is 12.1 Å². The number of sulfonamides is 1. The van der Waals surface area contributed by atoms with Gasteiger partial charge in [0.2, 0.25) is 15.9 Å². The van der Waals surface area contributed by atoms with Gasteiger partial charge < -0.3 is 9.64 Å². The minimum absolute atomic E-state index is 0.0144. The Bertz CT molecular complexity index is 962. The lowest BCUT2D eigenvalue weighted by Gasteiger charge is -2.33. The van der Waals surface area contributed by atoms with Crippen LogP contribution in [0.15, 0.2) is 23.1 Å². The van der Waals surface area contributed by atoms with Crippen molar-refractivity contribution in [2.45, 2.75) is 42.8 Å². The van der Waals surface area contributed by atoms with Crippen LogP contribution in [0.3, 0.4) is 0 Å². The fourth-order valence-electron chi connectivity index (χ4n) is 4.02. The van der Waals surface area contributed by atoms with Gasteiger partial charge in [0.05, 0.1) is 22.6 Å². The Morgan fingerprint density at radius 3 is 2.35 bits per heavy atom. The molecule has 0 unspecified atom stereocenters. The van der Waals surface area contributed by atoms with E-state index in [1.807, 2.05) is 0 Å². The van der Waals surface area contributed by atoms with Crippen molar-refractivity contribution < 1.29 is 35.9 Å². The van der Waals surface area contributed by atoms with Crippen molar-refractivity contribution in [3.63, 3.8) is 0 Å². The highest BCUT2D eigenvalue weighted by molar-refractivity contribution is 7.89. The van der Waals surface area contributed by atoms with Crippen molar-refractivity contribution >= 4 is 33.5 Å². The summed E-state index contributed by atoms with van der Waals surface area (Å²) in [5.41, 5.74) is -1.22. The van der Waals surface area contributed by atoms with Gasteiger partial charge in [0.15, 0.2) is 0 Å². The number of hydrogen-bond donors (Lipinski definition) is 0. The number of rotatable bonds is 4. The molecule has 1 aromatic carbocycles. The summed E-state index contributed by atoms with van der Waals surface area (Å²) in [6.07, 6.45) is -3.17. The van der Waals surface area contributed by atoms with Crippen LogP contribution in [0.5, 0.6) is 0 Å². The molecule has 2 aliphatic rings. The molecule has 1 atom stereocenters. The first kappa shape index (κ1) is 23.8. The molecule has 7 nitrogen and oxygen atoms in total. The van der Waals surface area contributed by atoms with Gasteiger partial charge in [-0.3, -0.25) is 4.79 Å². The molecule has 12 heteroatoms. The molecule has 0 radical (unpaired) electrons. The number of esters is 1. The predicted octanol–water partition coefficient (Wildman–Crippen LogP) is 2.92. The van der Waals surface area contributed by atoms with Gasteiger partial charge in [0.1, 0.15) is 6.04 Å². The minimum Gasteiger partial charge on any atom is -0.467 e. The second-order valence-electron chi connectivity index (χ2n) is 7.53. The first-order valence-corrected chi connectivity index (χ1v) is 11.5. The lowest BCUT2D eigenvalue weighted by atomic mass is 9.96. The Kier molecular flexibility index (Phi) is 6.87. The van der Waals surface area contributed by atoms with Crippen LogP contribution in [0, 0.1) is 5.92 Å². The molecule has 0 aromatic heterocycles. The zero-order valence-electron chi connectivity index (χ0n) is 16.7. The molecule has 0 aliphatic carbocycles. The number of methoxy groups -OCH3 is 1. The largest absolute Gasteiger partial charge is 0.467 e. The van der Waals surface area contributed by atoms with E-state index in [0.29, 0.717) is 25.5 Å². The number of nitrogens with zero attached hydrogens (tertiary/aromatic N) is 2. The Morgan fingerprint density at radius 2 is 1.77 bits per heavy atom. The highest BCUT2D eigenvalue weighted by Gasteiger charge is 2.40. The van der Waals surface area contributed by atoms with Gasteiger partial charge in [-0.2, -0.15) is 17.5 Å². The van der Waals surface area contributed by atoms with Gasteiger partial charge in [0, 0.05) is 25.6 Å². The molecule has 2 fully saturated rings. The van der Waals surface area contributed by atoms with E-state index in [9.17, 15) is 31.2 Å². The average molecular weight is 483 g/mol. The number of piperidine rings is 1. The first-order valence-electron chi connectivity index (χ1n) is 9.72. The third-order valence-electron chi connectivity index (χ3n) is 5.69. The normalized spacial score (nSPS) is 21.3.